The highest BCUT2D eigenvalue weighted by Gasteiger charge is 2.25. The summed E-state index contributed by atoms with van der Waals surface area (Å²) in [5, 5.41) is 1.12. The van der Waals surface area contributed by atoms with E-state index in [0.29, 0.717) is 6.79 Å². The van der Waals surface area contributed by atoms with E-state index in [1.165, 1.54) is 21.6 Å². The van der Waals surface area contributed by atoms with Crippen LogP contribution in [-0.2, 0) is 13.1 Å². The summed E-state index contributed by atoms with van der Waals surface area (Å²) in [6.07, 6.45) is 0. The number of rotatable bonds is 4. The Morgan fingerprint density at radius 2 is 1.55 bits per heavy atom. The van der Waals surface area contributed by atoms with Crippen molar-refractivity contribution in [1.82, 2.24) is 0 Å². The lowest BCUT2D eigenvalue weighted by Gasteiger charge is -2.30. The SMILES string of the molecule is Cc1cc(C)c2c(C[NH+]3CC[NH+](Cc4ccc5c(c4)OCO5)CC3)cc(=O)oc2c1C. The van der Waals surface area contributed by atoms with Gasteiger partial charge in [-0.15, -0.1) is 0 Å². The van der Waals surface area contributed by atoms with Crippen molar-refractivity contribution < 1.29 is 23.7 Å². The zero-order valence-electron chi connectivity index (χ0n) is 18.5. The third kappa shape index (κ3) is 3.93. The van der Waals surface area contributed by atoms with Crippen molar-refractivity contribution in [2.75, 3.05) is 33.0 Å². The van der Waals surface area contributed by atoms with E-state index >= 15 is 0 Å². The molecule has 0 saturated carbocycles. The zero-order chi connectivity index (χ0) is 21.5. The molecular formula is C25H30N2O4+2. The minimum Gasteiger partial charge on any atom is -0.454 e. The summed E-state index contributed by atoms with van der Waals surface area (Å²) in [5.41, 5.74) is 6.32. The van der Waals surface area contributed by atoms with Gasteiger partial charge in [-0.25, -0.2) is 4.79 Å². The third-order valence-corrected chi connectivity index (χ3v) is 6.80. The molecule has 3 heterocycles. The molecule has 31 heavy (non-hydrogen) atoms. The molecule has 0 bridgehead atoms. The van der Waals surface area contributed by atoms with E-state index in [-0.39, 0.29) is 5.63 Å². The molecule has 0 radical (unpaired) electrons. The number of fused-ring (bicyclic) bond motifs is 2. The van der Waals surface area contributed by atoms with Gasteiger partial charge in [0.15, 0.2) is 11.5 Å². The van der Waals surface area contributed by atoms with Crippen molar-refractivity contribution in [3.8, 4) is 11.5 Å². The summed E-state index contributed by atoms with van der Waals surface area (Å²) < 4.78 is 16.5. The van der Waals surface area contributed by atoms with Crippen LogP contribution >= 0.6 is 0 Å². The molecule has 0 unspecified atom stereocenters. The number of nitrogens with one attached hydrogen (secondary N) is 2. The summed E-state index contributed by atoms with van der Waals surface area (Å²) >= 11 is 0. The maximum Gasteiger partial charge on any atom is 0.336 e. The molecule has 162 valence electrons. The van der Waals surface area contributed by atoms with E-state index in [1.54, 1.807) is 11.0 Å². The van der Waals surface area contributed by atoms with Gasteiger partial charge in [-0.2, -0.15) is 0 Å². The van der Waals surface area contributed by atoms with Crippen molar-refractivity contribution in [2.45, 2.75) is 33.9 Å². The van der Waals surface area contributed by atoms with Gasteiger partial charge >= 0.3 is 5.63 Å². The minimum atomic E-state index is -0.248. The van der Waals surface area contributed by atoms with E-state index in [1.807, 2.05) is 13.0 Å². The van der Waals surface area contributed by atoms with Crippen molar-refractivity contribution in [1.29, 1.82) is 0 Å². The minimum absolute atomic E-state index is 0.248. The first kappa shape index (κ1) is 20.1. The molecule has 2 aliphatic rings. The number of aryl methyl sites for hydroxylation is 3. The first-order valence-electron chi connectivity index (χ1n) is 11.1. The van der Waals surface area contributed by atoms with Gasteiger partial charge in [-0.1, -0.05) is 6.07 Å². The molecule has 6 nitrogen and oxygen atoms in total. The van der Waals surface area contributed by atoms with Crippen LogP contribution in [0.3, 0.4) is 0 Å². The second-order valence-corrected chi connectivity index (χ2v) is 8.97. The summed E-state index contributed by atoms with van der Waals surface area (Å²) in [4.78, 5) is 15.4. The molecule has 5 rings (SSSR count). The van der Waals surface area contributed by atoms with Crippen molar-refractivity contribution >= 4 is 11.0 Å². The molecule has 6 heteroatoms. The molecule has 1 fully saturated rings. The molecule has 0 aliphatic carbocycles. The number of quaternary nitrogens is 2. The molecule has 0 amide bonds. The van der Waals surface area contributed by atoms with Gasteiger partial charge in [-0.3, -0.25) is 0 Å². The number of hydrogen-bond donors (Lipinski definition) is 2. The second-order valence-electron chi connectivity index (χ2n) is 8.97. The summed E-state index contributed by atoms with van der Waals surface area (Å²) in [6, 6.07) is 10.2. The van der Waals surface area contributed by atoms with Gasteiger partial charge in [0, 0.05) is 22.6 Å². The molecule has 2 aromatic carbocycles. The quantitative estimate of drug-likeness (QED) is 0.615. The van der Waals surface area contributed by atoms with Crippen molar-refractivity contribution in [3.63, 3.8) is 0 Å². The highest BCUT2D eigenvalue weighted by molar-refractivity contribution is 5.87. The maximum atomic E-state index is 12.3. The standard InChI is InChI=1S/C25H28N2O4/c1-16-10-17(2)24-20(12-23(28)31-25(24)18(16)3)14-27-8-6-26(7-9-27)13-19-4-5-21-22(11-19)30-15-29-21/h4-5,10-12H,6-9,13-15H2,1-3H3/p+2. The molecule has 3 aromatic rings. The van der Waals surface area contributed by atoms with Gasteiger partial charge in [0.1, 0.15) is 44.9 Å². The first-order chi connectivity index (χ1) is 15.0. The van der Waals surface area contributed by atoms with Crippen LogP contribution < -0.4 is 24.9 Å². The Labute approximate surface area is 182 Å². The van der Waals surface area contributed by atoms with Gasteiger partial charge in [0.05, 0.1) is 0 Å². The topological polar surface area (TPSA) is 57.5 Å². The van der Waals surface area contributed by atoms with Crippen molar-refractivity contribution in [3.05, 3.63) is 68.6 Å². The van der Waals surface area contributed by atoms with Crippen LogP contribution in [0, 0.1) is 20.8 Å². The second kappa shape index (κ2) is 8.02. The molecule has 1 aromatic heterocycles. The van der Waals surface area contributed by atoms with E-state index in [2.05, 4.69) is 32.0 Å². The molecule has 0 atom stereocenters. The molecule has 2 N–H and O–H groups in total. The van der Waals surface area contributed by atoms with E-state index < -0.39 is 0 Å². The van der Waals surface area contributed by atoms with E-state index in [0.717, 1.165) is 72.9 Å². The lowest BCUT2D eigenvalue weighted by molar-refractivity contribution is -1.02. The van der Waals surface area contributed by atoms with Crippen LogP contribution in [-0.4, -0.2) is 33.0 Å². The van der Waals surface area contributed by atoms with Crippen LogP contribution in [0.2, 0.25) is 0 Å². The Balaban J connectivity index is 1.28. The van der Waals surface area contributed by atoms with Gasteiger partial charge in [0.25, 0.3) is 0 Å². The van der Waals surface area contributed by atoms with Gasteiger partial charge in [0.2, 0.25) is 6.79 Å². The fraction of sp³-hybridized carbons (Fsp3) is 0.400. The fourth-order valence-corrected chi connectivity index (χ4v) is 4.98. The number of benzene rings is 2. The van der Waals surface area contributed by atoms with E-state index in [9.17, 15) is 4.79 Å². The largest absolute Gasteiger partial charge is 0.454 e. The molecule has 0 spiro atoms. The molecular weight excluding hydrogens is 392 g/mol. The Kier molecular flexibility index (Phi) is 5.20. The lowest BCUT2D eigenvalue weighted by Crippen LogP contribution is -3.27. The predicted octanol–water partition coefficient (Wildman–Crippen LogP) is 0.931. The third-order valence-electron chi connectivity index (χ3n) is 6.80. The maximum absolute atomic E-state index is 12.3. The Morgan fingerprint density at radius 1 is 0.839 bits per heavy atom. The monoisotopic (exact) mass is 422 g/mol. The Morgan fingerprint density at radius 3 is 2.32 bits per heavy atom. The lowest BCUT2D eigenvalue weighted by atomic mass is 9.98. The van der Waals surface area contributed by atoms with Crippen molar-refractivity contribution in [2.24, 2.45) is 0 Å². The predicted molar refractivity (Wildman–Crippen MR) is 118 cm³/mol. The number of ether oxygens (including phenoxy) is 2. The fourth-order valence-electron chi connectivity index (χ4n) is 4.98. The number of piperazine rings is 1. The Hall–Kier alpha value is -2.83. The summed E-state index contributed by atoms with van der Waals surface area (Å²) in [6.45, 7) is 12.8. The summed E-state index contributed by atoms with van der Waals surface area (Å²) in [7, 11) is 0. The number of hydrogen-bond acceptors (Lipinski definition) is 4. The Bertz CT molecular complexity index is 1190. The smallest absolute Gasteiger partial charge is 0.336 e. The van der Waals surface area contributed by atoms with Crippen LogP contribution in [0.25, 0.3) is 11.0 Å². The molecule has 1 saturated heterocycles. The summed E-state index contributed by atoms with van der Waals surface area (Å²) in [5.74, 6) is 1.70. The molecule has 2 aliphatic heterocycles. The van der Waals surface area contributed by atoms with Crippen LogP contribution in [0.4, 0.5) is 0 Å². The zero-order valence-corrected chi connectivity index (χ0v) is 18.5. The first-order valence-corrected chi connectivity index (χ1v) is 11.1. The van der Waals surface area contributed by atoms with Crippen LogP contribution in [0.1, 0.15) is 27.8 Å². The highest BCUT2D eigenvalue weighted by Crippen LogP contribution is 2.32. The van der Waals surface area contributed by atoms with E-state index in [4.69, 9.17) is 13.9 Å². The average molecular weight is 423 g/mol. The normalized spacial score (nSPS) is 20.4. The van der Waals surface area contributed by atoms with Gasteiger partial charge < -0.3 is 23.7 Å². The van der Waals surface area contributed by atoms with Crippen LogP contribution in [0.5, 0.6) is 11.5 Å². The highest BCUT2D eigenvalue weighted by atomic mass is 16.7. The van der Waals surface area contributed by atoms with Gasteiger partial charge in [-0.05, 0) is 55.7 Å². The average Bonchev–Trinajstić information content (AvgIpc) is 3.21. The van der Waals surface area contributed by atoms with Crippen LogP contribution in [0.15, 0.2) is 39.5 Å².